The fourth-order valence-corrected chi connectivity index (χ4v) is 3.58. The summed E-state index contributed by atoms with van der Waals surface area (Å²) in [6.45, 7) is 3.23. The first-order chi connectivity index (χ1) is 10.5. The number of aryl methyl sites for hydroxylation is 1. The summed E-state index contributed by atoms with van der Waals surface area (Å²) < 4.78 is 0. The lowest BCUT2D eigenvalue weighted by Crippen LogP contribution is -2.36. The number of nitrogens with zero attached hydrogens (tertiary/aromatic N) is 2. The lowest BCUT2D eigenvalue weighted by atomic mass is 9.85. The molecule has 5 heteroatoms. The highest BCUT2D eigenvalue weighted by Gasteiger charge is 2.27. The summed E-state index contributed by atoms with van der Waals surface area (Å²) in [6.07, 6.45) is 3.27. The van der Waals surface area contributed by atoms with Crippen molar-refractivity contribution in [2.75, 3.05) is 30.8 Å². The average Bonchev–Trinajstić information content (AvgIpc) is 2.51. The minimum Gasteiger partial charge on any atom is -0.398 e. The normalized spacial score (nSPS) is 19.3. The molecule has 5 nitrogen and oxygen atoms in total. The molecular weight excluding hydrogens is 278 g/mol. The number of hydrogen-bond donors (Lipinski definition) is 1. The van der Waals surface area contributed by atoms with Crippen LogP contribution in [0.4, 0.5) is 11.4 Å². The molecule has 2 heterocycles. The Labute approximate surface area is 131 Å². The molecule has 1 aromatic carbocycles. The Kier molecular flexibility index (Phi) is 3.81. The second-order valence-corrected chi connectivity index (χ2v) is 6.34. The number of anilines is 2. The van der Waals surface area contributed by atoms with E-state index in [4.69, 9.17) is 5.73 Å². The van der Waals surface area contributed by atoms with Crippen molar-refractivity contribution in [1.29, 1.82) is 0 Å². The van der Waals surface area contributed by atoms with Crippen molar-refractivity contribution in [3.05, 3.63) is 23.3 Å². The Morgan fingerprint density at radius 2 is 1.91 bits per heavy atom. The molecule has 118 valence electrons. The number of likely N-dealkylation sites (tertiary alicyclic amines) is 1. The third-order valence-electron chi connectivity index (χ3n) is 5.01. The highest BCUT2D eigenvalue weighted by atomic mass is 16.2. The van der Waals surface area contributed by atoms with E-state index in [1.807, 2.05) is 18.0 Å². The van der Waals surface area contributed by atoms with Crippen LogP contribution < -0.4 is 10.6 Å². The fraction of sp³-hybridized carbons (Fsp3) is 0.529. The largest absolute Gasteiger partial charge is 0.398 e. The number of nitrogens with two attached hydrogens (primary N) is 1. The van der Waals surface area contributed by atoms with Gasteiger partial charge in [-0.25, -0.2) is 0 Å². The van der Waals surface area contributed by atoms with E-state index in [0.717, 1.165) is 43.7 Å². The maximum Gasteiger partial charge on any atom is 0.227 e. The van der Waals surface area contributed by atoms with Crippen molar-refractivity contribution in [1.82, 2.24) is 4.90 Å². The molecule has 2 N–H and O–H groups in total. The Balaban J connectivity index is 1.84. The van der Waals surface area contributed by atoms with E-state index in [1.54, 1.807) is 11.8 Å². The molecule has 0 radical (unpaired) electrons. The number of amides is 2. The zero-order valence-corrected chi connectivity index (χ0v) is 13.3. The highest BCUT2D eigenvalue weighted by Crippen LogP contribution is 2.37. The maximum absolute atomic E-state index is 11.8. The van der Waals surface area contributed by atoms with Crippen molar-refractivity contribution in [3.63, 3.8) is 0 Å². The van der Waals surface area contributed by atoms with Gasteiger partial charge in [0.25, 0.3) is 0 Å². The minimum atomic E-state index is 0.148. The van der Waals surface area contributed by atoms with Gasteiger partial charge in [0.2, 0.25) is 11.8 Å². The summed E-state index contributed by atoms with van der Waals surface area (Å²) in [7, 11) is 1.81. The third-order valence-corrected chi connectivity index (χ3v) is 5.01. The molecule has 0 spiro atoms. The Bertz CT molecular complexity index is 619. The maximum atomic E-state index is 11.8. The smallest absolute Gasteiger partial charge is 0.227 e. The number of benzene rings is 1. The molecule has 2 amide bonds. The standard InChI is InChI=1S/C17H23N3O2/c1-11(21)20-7-5-12(6-8-20)14-9-13-3-4-17(22)19(2)16(13)10-15(14)18/h9-10,12H,3-8,18H2,1-2H3. The van der Waals surface area contributed by atoms with Gasteiger partial charge in [-0.15, -0.1) is 0 Å². The van der Waals surface area contributed by atoms with E-state index in [9.17, 15) is 9.59 Å². The number of nitrogen functional groups attached to an aromatic ring is 1. The van der Waals surface area contributed by atoms with Gasteiger partial charge in [0.15, 0.2) is 0 Å². The monoisotopic (exact) mass is 301 g/mol. The third kappa shape index (κ3) is 2.56. The Morgan fingerprint density at radius 1 is 1.23 bits per heavy atom. The van der Waals surface area contributed by atoms with Crippen LogP contribution in [0.15, 0.2) is 12.1 Å². The lowest BCUT2D eigenvalue weighted by Gasteiger charge is -2.33. The molecular formula is C17H23N3O2. The van der Waals surface area contributed by atoms with Crippen molar-refractivity contribution < 1.29 is 9.59 Å². The summed E-state index contributed by atoms with van der Waals surface area (Å²) in [4.78, 5) is 26.8. The molecule has 3 rings (SSSR count). The van der Waals surface area contributed by atoms with E-state index in [2.05, 4.69) is 6.07 Å². The van der Waals surface area contributed by atoms with E-state index < -0.39 is 0 Å². The Morgan fingerprint density at radius 3 is 2.55 bits per heavy atom. The molecule has 0 atom stereocenters. The summed E-state index contributed by atoms with van der Waals surface area (Å²) in [5.74, 6) is 0.704. The average molecular weight is 301 g/mol. The van der Waals surface area contributed by atoms with E-state index in [-0.39, 0.29) is 11.8 Å². The summed E-state index contributed by atoms with van der Waals surface area (Å²) >= 11 is 0. The predicted octanol–water partition coefficient (Wildman–Crippen LogP) is 1.90. The van der Waals surface area contributed by atoms with E-state index in [1.165, 1.54) is 11.1 Å². The zero-order valence-electron chi connectivity index (χ0n) is 13.3. The SMILES string of the molecule is CC(=O)N1CCC(c2cc3c(cc2N)N(C)C(=O)CC3)CC1. The van der Waals surface area contributed by atoms with Crippen molar-refractivity contribution in [2.45, 2.75) is 38.5 Å². The van der Waals surface area contributed by atoms with Gasteiger partial charge < -0.3 is 15.5 Å². The van der Waals surface area contributed by atoms with Crippen molar-refractivity contribution in [3.8, 4) is 0 Å². The quantitative estimate of drug-likeness (QED) is 0.806. The molecule has 0 bridgehead atoms. The molecule has 1 aromatic rings. The van der Waals surface area contributed by atoms with Gasteiger partial charge in [-0.2, -0.15) is 0 Å². The molecule has 2 aliphatic rings. The van der Waals surface area contributed by atoms with E-state index in [0.29, 0.717) is 12.3 Å². The van der Waals surface area contributed by atoms with Crippen LogP contribution in [-0.4, -0.2) is 36.9 Å². The first kappa shape index (κ1) is 14.9. The van der Waals surface area contributed by atoms with Crippen LogP contribution >= 0.6 is 0 Å². The van der Waals surface area contributed by atoms with Gasteiger partial charge in [0.05, 0.1) is 0 Å². The molecule has 0 saturated carbocycles. The minimum absolute atomic E-state index is 0.148. The van der Waals surface area contributed by atoms with Gasteiger partial charge in [0, 0.05) is 44.9 Å². The molecule has 0 unspecified atom stereocenters. The van der Waals surface area contributed by atoms with Crippen LogP contribution in [0.25, 0.3) is 0 Å². The molecule has 2 aliphatic heterocycles. The van der Waals surface area contributed by atoms with Crippen LogP contribution in [0.5, 0.6) is 0 Å². The van der Waals surface area contributed by atoms with Crippen LogP contribution in [0.3, 0.4) is 0 Å². The van der Waals surface area contributed by atoms with Crippen molar-refractivity contribution >= 4 is 23.2 Å². The van der Waals surface area contributed by atoms with Crippen LogP contribution in [0.2, 0.25) is 0 Å². The molecule has 0 aliphatic carbocycles. The number of carbonyl (C=O) groups is 2. The van der Waals surface area contributed by atoms with E-state index >= 15 is 0 Å². The molecule has 22 heavy (non-hydrogen) atoms. The van der Waals surface area contributed by atoms with Crippen LogP contribution in [0.1, 0.15) is 43.2 Å². The number of carbonyl (C=O) groups excluding carboxylic acids is 2. The lowest BCUT2D eigenvalue weighted by molar-refractivity contribution is -0.129. The first-order valence-electron chi connectivity index (χ1n) is 7.91. The van der Waals surface area contributed by atoms with Gasteiger partial charge in [-0.05, 0) is 42.4 Å². The number of piperidine rings is 1. The number of rotatable bonds is 1. The molecule has 1 saturated heterocycles. The summed E-state index contributed by atoms with van der Waals surface area (Å²) in [5.41, 5.74) is 10.4. The van der Waals surface area contributed by atoms with Gasteiger partial charge in [0.1, 0.15) is 0 Å². The van der Waals surface area contributed by atoms with Crippen molar-refractivity contribution in [2.24, 2.45) is 0 Å². The van der Waals surface area contributed by atoms with Gasteiger partial charge in [-0.1, -0.05) is 6.07 Å². The topological polar surface area (TPSA) is 66.6 Å². The van der Waals surface area contributed by atoms with Crippen LogP contribution in [0, 0.1) is 0 Å². The highest BCUT2D eigenvalue weighted by molar-refractivity contribution is 5.96. The zero-order chi connectivity index (χ0) is 15.9. The second kappa shape index (κ2) is 5.63. The number of fused-ring (bicyclic) bond motifs is 1. The van der Waals surface area contributed by atoms with Gasteiger partial charge >= 0.3 is 0 Å². The molecule has 1 fully saturated rings. The summed E-state index contributed by atoms with van der Waals surface area (Å²) in [5, 5.41) is 0. The molecule has 0 aromatic heterocycles. The first-order valence-corrected chi connectivity index (χ1v) is 7.91. The summed E-state index contributed by atoms with van der Waals surface area (Å²) in [6, 6.07) is 4.13. The Hall–Kier alpha value is -2.04. The second-order valence-electron chi connectivity index (χ2n) is 6.34. The number of hydrogen-bond acceptors (Lipinski definition) is 3. The van der Waals surface area contributed by atoms with Gasteiger partial charge in [-0.3, -0.25) is 9.59 Å². The fourth-order valence-electron chi connectivity index (χ4n) is 3.58. The predicted molar refractivity (Wildman–Crippen MR) is 86.8 cm³/mol. The van der Waals surface area contributed by atoms with Crippen LogP contribution in [-0.2, 0) is 16.0 Å².